The summed E-state index contributed by atoms with van der Waals surface area (Å²) in [6, 6.07) is 7.53. The van der Waals surface area contributed by atoms with Gasteiger partial charge in [0.1, 0.15) is 5.75 Å². The highest BCUT2D eigenvalue weighted by atomic mass is 16.5. The first kappa shape index (κ1) is 15.2. The van der Waals surface area contributed by atoms with Crippen LogP contribution in [0.25, 0.3) is 0 Å². The summed E-state index contributed by atoms with van der Waals surface area (Å²) >= 11 is 0. The molecule has 1 amide bonds. The number of hydrazone groups is 1. The molecule has 1 aromatic carbocycles. The molecule has 0 heterocycles. The Morgan fingerprint density at radius 3 is 2.84 bits per heavy atom. The molecular weight excluding hydrogens is 240 g/mol. The molecule has 0 saturated carbocycles. The number of para-hydroxylation sites is 1. The Hall–Kier alpha value is -1.84. The van der Waals surface area contributed by atoms with E-state index >= 15 is 0 Å². The number of hydrogen-bond acceptors (Lipinski definition) is 3. The van der Waals surface area contributed by atoms with Crippen molar-refractivity contribution < 1.29 is 9.53 Å². The van der Waals surface area contributed by atoms with Crippen LogP contribution in [-0.2, 0) is 4.79 Å². The van der Waals surface area contributed by atoms with Gasteiger partial charge in [-0.2, -0.15) is 5.10 Å². The zero-order valence-corrected chi connectivity index (χ0v) is 11.7. The van der Waals surface area contributed by atoms with Gasteiger partial charge in [-0.3, -0.25) is 4.79 Å². The minimum atomic E-state index is -0.0396. The van der Waals surface area contributed by atoms with Gasteiger partial charge in [0.25, 0.3) is 0 Å². The molecule has 19 heavy (non-hydrogen) atoms. The first-order valence-corrected chi connectivity index (χ1v) is 6.72. The first-order chi connectivity index (χ1) is 9.27. The Morgan fingerprint density at radius 2 is 2.11 bits per heavy atom. The van der Waals surface area contributed by atoms with Crippen molar-refractivity contribution in [1.29, 1.82) is 0 Å². The van der Waals surface area contributed by atoms with Crippen LogP contribution in [0, 0.1) is 0 Å². The molecule has 0 spiro atoms. The minimum absolute atomic E-state index is 0.0396. The van der Waals surface area contributed by atoms with Crippen LogP contribution in [0.4, 0.5) is 0 Å². The van der Waals surface area contributed by atoms with E-state index in [1.54, 1.807) is 13.3 Å². The smallest absolute Gasteiger partial charge is 0.240 e. The highest BCUT2D eigenvalue weighted by Gasteiger charge is 2.00. The number of nitrogens with zero attached hydrogens (tertiary/aromatic N) is 1. The topological polar surface area (TPSA) is 50.7 Å². The SMILES string of the molecule is CCCCCCC(=O)N/N=C/c1ccccc1OC. The van der Waals surface area contributed by atoms with Crippen LogP contribution in [-0.4, -0.2) is 19.2 Å². The monoisotopic (exact) mass is 262 g/mol. The minimum Gasteiger partial charge on any atom is -0.496 e. The molecule has 1 N–H and O–H groups in total. The van der Waals surface area contributed by atoms with Gasteiger partial charge in [-0.15, -0.1) is 0 Å². The zero-order valence-electron chi connectivity index (χ0n) is 11.7. The lowest BCUT2D eigenvalue weighted by molar-refractivity contribution is -0.121. The molecule has 0 unspecified atom stereocenters. The Morgan fingerprint density at radius 1 is 1.32 bits per heavy atom. The molecule has 0 fully saturated rings. The molecule has 0 aliphatic rings. The van der Waals surface area contributed by atoms with Crippen LogP contribution < -0.4 is 10.2 Å². The van der Waals surface area contributed by atoms with Crippen molar-refractivity contribution in [1.82, 2.24) is 5.43 Å². The van der Waals surface area contributed by atoms with E-state index in [1.807, 2.05) is 24.3 Å². The molecule has 1 aromatic rings. The highest BCUT2D eigenvalue weighted by molar-refractivity contribution is 5.85. The molecule has 0 saturated heterocycles. The molecule has 0 radical (unpaired) electrons. The Balaban J connectivity index is 2.34. The molecule has 0 bridgehead atoms. The molecule has 104 valence electrons. The number of benzene rings is 1. The quantitative estimate of drug-likeness (QED) is 0.444. The fourth-order valence-electron chi connectivity index (χ4n) is 1.72. The maximum absolute atomic E-state index is 11.5. The molecule has 0 aliphatic carbocycles. The van der Waals surface area contributed by atoms with Gasteiger partial charge in [-0.05, 0) is 18.6 Å². The maximum Gasteiger partial charge on any atom is 0.240 e. The number of rotatable bonds is 8. The van der Waals surface area contributed by atoms with Crippen molar-refractivity contribution in [3.63, 3.8) is 0 Å². The van der Waals surface area contributed by atoms with Gasteiger partial charge in [0.2, 0.25) is 5.91 Å². The van der Waals surface area contributed by atoms with Crippen molar-refractivity contribution in [3.8, 4) is 5.75 Å². The number of carbonyl (C=O) groups excluding carboxylic acids is 1. The summed E-state index contributed by atoms with van der Waals surface area (Å²) < 4.78 is 5.19. The van der Waals surface area contributed by atoms with Gasteiger partial charge in [-0.1, -0.05) is 38.3 Å². The van der Waals surface area contributed by atoms with Crippen molar-refractivity contribution in [2.24, 2.45) is 5.10 Å². The largest absolute Gasteiger partial charge is 0.496 e. The second kappa shape index (κ2) is 9.14. The third-order valence-electron chi connectivity index (χ3n) is 2.79. The Labute approximate surface area is 114 Å². The predicted molar refractivity (Wildman–Crippen MR) is 77.5 cm³/mol. The summed E-state index contributed by atoms with van der Waals surface area (Å²) in [6.45, 7) is 2.15. The summed E-state index contributed by atoms with van der Waals surface area (Å²) in [5, 5.41) is 3.94. The summed E-state index contributed by atoms with van der Waals surface area (Å²) in [6.07, 6.45) is 6.50. The number of carbonyl (C=O) groups is 1. The zero-order chi connectivity index (χ0) is 13.9. The van der Waals surface area contributed by atoms with Gasteiger partial charge in [0.15, 0.2) is 0 Å². The highest BCUT2D eigenvalue weighted by Crippen LogP contribution is 2.14. The van der Waals surface area contributed by atoms with Gasteiger partial charge >= 0.3 is 0 Å². The van der Waals surface area contributed by atoms with Gasteiger partial charge in [0.05, 0.1) is 13.3 Å². The summed E-state index contributed by atoms with van der Waals surface area (Å²) in [5.41, 5.74) is 3.38. The molecule has 0 aromatic heterocycles. The standard InChI is InChI=1S/C15H22N2O2/c1-3-4-5-6-11-15(18)17-16-12-13-9-7-8-10-14(13)19-2/h7-10,12H,3-6,11H2,1-2H3,(H,17,18)/b16-12+. The number of unbranched alkanes of at least 4 members (excludes halogenated alkanes) is 3. The molecule has 4 nitrogen and oxygen atoms in total. The van der Waals surface area contributed by atoms with E-state index in [-0.39, 0.29) is 5.91 Å². The van der Waals surface area contributed by atoms with Crippen molar-refractivity contribution >= 4 is 12.1 Å². The van der Waals surface area contributed by atoms with E-state index in [9.17, 15) is 4.79 Å². The number of amides is 1. The van der Waals surface area contributed by atoms with Crippen LogP contribution in [0.3, 0.4) is 0 Å². The summed E-state index contributed by atoms with van der Waals surface area (Å²) in [7, 11) is 1.61. The van der Waals surface area contributed by atoms with Gasteiger partial charge in [-0.25, -0.2) is 5.43 Å². The van der Waals surface area contributed by atoms with E-state index < -0.39 is 0 Å². The van der Waals surface area contributed by atoms with E-state index in [0.717, 1.165) is 24.2 Å². The van der Waals surface area contributed by atoms with Crippen LogP contribution >= 0.6 is 0 Å². The lowest BCUT2D eigenvalue weighted by Crippen LogP contribution is -2.16. The van der Waals surface area contributed by atoms with Crippen molar-refractivity contribution in [3.05, 3.63) is 29.8 Å². The third-order valence-corrected chi connectivity index (χ3v) is 2.79. The average molecular weight is 262 g/mol. The molecule has 0 aliphatic heterocycles. The maximum atomic E-state index is 11.5. The van der Waals surface area contributed by atoms with Crippen molar-refractivity contribution in [2.45, 2.75) is 39.0 Å². The summed E-state index contributed by atoms with van der Waals surface area (Å²) in [5.74, 6) is 0.700. The summed E-state index contributed by atoms with van der Waals surface area (Å²) in [4.78, 5) is 11.5. The molecule has 1 rings (SSSR count). The van der Waals surface area contributed by atoms with Crippen LogP contribution in [0.15, 0.2) is 29.4 Å². The molecule has 4 heteroatoms. The van der Waals surface area contributed by atoms with Crippen molar-refractivity contribution in [2.75, 3.05) is 7.11 Å². The lowest BCUT2D eigenvalue weighted by atomic mass is 10.1. The van der Waals surface area contributed by atoms with E-state index in [0.29, 0.717) is 6.42 Å². The fourth-order valence-corrected chi connectivity index (χ4v) is 1.72. The molecule has 0 atom stereocenters. The second-order valence-corrected chi connectivity index (χ2v) is 4.35. The third kappa shape index (κ3) is 6.04. The number of methoxy groups -OCH3 is 1. The second-order valence-electron chi connectivity index (χ2n) is 4.35. The normalized spacial score (nSPS) is 10.6. The van der Waals surface area contributed by atoms with Crippen LogP contribution in [0.2, 0.25) is 0 Å². The average Bonchev–Trinajstić information content (AvgIpc) is 2.44. The fraction of sp³-hybridized carbons (Fsp3) is 0.467. The van der Waals surface area contributed by atoms with Crippen LogP contribution in [0.1, 0.15) is 44.6 Å². The molecular formula is C15H22N2O2. The van der Waals surface area contributed by atoms with E-state index in [2.05, 4.69) is 17.5 Å². The Kier molecular flexibility index (Phi) is 7.32. The first-order valence-electron chi connectivity index (χ1n) is 6.72. The van der Waals surface area contributed by atoms with Gasteiger partial charge < -0.3 is 4.74 Å². The number of ether oxygens (including phenoxy) is 1. The van der Waals surface area contributed by atoms with E-state index in [4.69, 9.17) is 4.74 Å². The van der Waals surface area contributed by atoms with Crippen LogP contribution in [0.5, 0.6) is 5.75 Å². The predicted octanol–water partition coefficient (Wildman–Crippen LogP) is 3.12. The van der Waals surface area contributed by atoms with Gasteiger partial charge in [0, 0.05) is 12.0 Å². The Bertz CT molecular complexity index is 416. The number of nitrogens with one attached hydrogen (secondary N) is 1. The lowest BCUT2D eigenvalue weighted by Gasteiger charge is -2.03. The number of hydrogen-bond donors (Lipinski definition) is 1. The van der Waals surface area contributed by atoms with E-state index in [1.165, 1.54) is 12.8 Å².